The van der Waals surface area contributed by atoms with E-state index in [-0.39, 0.29) is 28.9 Å². The Morgan fingerprint density at radius 1 is 1.50 bits per heavy atom. The van der Waals surface area contributed by atoms with Crippen LogP contribution in [0.5, 0.6) is 0 Å². The maximum absolute atomic E-state index is 12.0. The minimum absolute atomic E-state index is 0.0999. The lowest BCUT2D eigenvalue weighted by Crippen LogP contribution is -2.43. The van der Waals surface area contributed by atoms with Gasteiger partial charge in [-0.3, -0.25) is 9.59 Å². The van der Waals surface area contributed by atoms with Crippen LogP contribution in [0.25, 0.3) is 0 Å². The second kappa shape index (κ2) is 6.96. The average Bonchev–Trinajstić information content (AvgIpc) is 2.34. The van der Waals surface area contributed by atoms with Crippen LogP contribution in [0.1, 0.15) is 31.1 Å². The van der Waals surface area contributed by atoms with Crippen LogP contribution in [0.4, 0.5) is 0 Å². The van der Waals surface area contributed by atoms with Crippen LogP contribution in [0.3, 0.4) is 0 Å². The molecule has 0 saturated heterocycles. The third kappa shape index (κ3) is 4.00. The van der Waals surface area contributed by atoms with E-state index in [9.17, 15) is 9.59 Å². The first-order valence-corrected chi connectivity index (χ1v) is 6.12. The van der Waals surface area contributed by atoms with Crippen LogP contribution in [-0.4, -0.2) is 30.1 Å². The Labute approximate surface area is 107 Å². The average molecular weight is 252 g/mol. The van der Waals surface area contributed by atoms with Gasteiger partial charge in [0, 0.05) is 25.1 Å². The number of carbonyl (C=O) groups excluding carboxylic acids is 1. The molecule has 1 rings (SSSR count). The summed E-state index contributed by atoms with van der Waals surface area (Å²) >= 11 is 0. The summed E-state index contributed by atoms with van der Waals surface area (Å²) < 4.78 is 5.32. The van der Waals surface area contributed by atoms with Crippen molar-refractivity contribution in [2.24, 2.45) is 5.92 Å². The first-order valence-electron chi connectivity index (χ1n) is 6.12. The largest absolute Gasteiger partial charge is 0.380 e. The summed E-state index contributed by atoms with van der Waals surface area (Å²) in [5.41, 5.74) is -0.162. The van der Waals surface area contributed by atoms with E-state index in [4.69, 9.17) is 4.74 Å². The third-order valence-corrected chi connectivity index (χ3v) is 2.69. The summed E-state index contributed by atoms with van der Waals surface area (Å²) in [5.74, 6) is -0.126. The van der Waals surface area contributed by atoms with E-state index >= 15 is 0 Å². The van der Waals surface area contributed by atoms with Crippen molar-refractivity contribution < 1.29 is 9.53 Å². The van der Waals surface area contributed by atoms with Crippen molar-refractivity contribution in [1.29, 1.82) is 0 Å². The van der Waals surface area contributed by atoms with E-state index in [1.54, 1.807) is 0 Å². The lowest BCUT2D eigenvalue weighted by molar-refractivity contribution is 0.0805. The first-order chi connectivity index (χ1) is 8.56. The molecule has 2 N–H and O–H groups in total. The number of carbonyl (C=O) groups is 1. The van der Waals surface area contributed by atoms with Gasteiger partial charge in [0.2, 0.25) is 0 Å². The molecule has 1 aromatic rings. The number of amides is 1. The summed E-state index contributed by atoms with van der Waals surface area (Å²) in [6.45, 7) is 6.95. The van der Waals surface area contributed by atoms with Crippen LogP contribution < -0.4 is 10.7 Å². The number of pyridine rings is 1. The van der Waals surface area contributed by atoms with E-state index < -0.39 is 0 Å². The molecule has 1 amide bonds. The molecule has 18 heavy (non-hydrogen) atoms. The smallest absolute Gasteiger partial charge is 0.257 e. The number of H-pyrrole nitrogens is 1. The van der Waals surface area contributed by atoms with Crippen LogP contribution in [-0.2, 0) is 4.74 Å². The van der Waals surface area contributed by atoms with Gasteiger partial charge in [-0.25, -0.2) is 0 Å². The molecule has 0 aliphatic rings. The van der Waals surface area contributed by atoms with E-state index in [0.29, 0.717) is 13.2 Å². The molecule has 5 heteroatoms. The Kier molecular flexibility index (Phi) is 5.58. The standard InChI is InChI=1S/C13H20N2O3/c1-4-18-8-11(9(2)3)15-13(17)10-7-14-6-5-12(10)16/h5-7,9,11H,4,8H2,1-3H3,(H,14,16)(H,15,17). The fraction of sp³-hybridized carbons (Fsp3) is 0.538. The van der Waals surface area contributed by atoms with Gasteiger partial charge in [0.05, 0.1) is 12.6 Å². The number of hydrogen-bond donors (Lipinski definition) is 2. The van der Waals surface area contributed by atoms with E-state index in [0.717, 1.165) is 0 Å². The molecule has 0 aromatic carbocycles. The van der Waals surface area contributed by atoms with Gasteiger partial charge in [-0.15, -0.1) is 0 Å². The van der Waals surface area contributed by atoms with Crippen molar-refractivity contribution >= 4 is 5.91 Å². The molecular formula is C13H20N2O3. The molecule has 1 aromatic heterocycles. The minimum Gasteiger partial charge on any atom is -0.380 e. The molecular weight excluding hydrogens is 232 g/mol. The Morgan fingerprint density at radius 2 is 2.22 bits per heavy atom. The molecule has 1 unspecified atom stereocenters. The number of aromatic amines is 1. The highest BCUT2D eigenvalue weighted by molar-refractivity contribution is 5.93. The number of rotatable bonds is 6. The molecule has 0 fully saturated rings. The summed E-state index contributed by atoms with van der Waals surface area (Å²) in [6, 6.07) is 1.24. The van der Waals surface area contributed by atoms with Gasteiger partial charge in [-0.05, 0) is 12.8 Å². The van der Waals surface area contributed by atoms with Gasteiger partial charge in [0.15, 0.2) is 5.43 Å². The summed E-state index contributed by atoms with van der Waals surface area (Å²) in [7, 11) is 0. The van der Waals surface area contributed by atoms with Crippen LogP contribution in [0, 0.1) is 5.92 Å². The van der Waals surface area contributed by atoms with Crippen molar-refractivity contribution in [2.75, 3.05) is 13.2 Å². The number of nitrogens with one attached hydrogen (secondary N) is 2. The Bertz CT molecular complexity index is 440. The lowest BCUT2D eigenvalue weighted by Gasteiger charge is -2.21. The molecule has 0 bridgehead atoms. The molecule has 0 aliphatic carbocycles. The van der Waals surface area contributed by atoms with Gasteiger partial charge in [0.1, 0.15) is 5.56 Å². The molecule has 0 spiro atoms. The van der Waals surface area contributed by atoms with Gasteiger partial charge < -0.3 is 15.0 Å². The zero-order valence-electron chi connectivity index (χ0n) is 11.0. The predicted molar refractivity (Wildman–Crippen MR) is 69.6 cm³/mol. The van der Waals surface area contributed by atoms with E-state index in [1.807, 2.05) is 20.8 Å². The monoisotopic (exact) mass is 252 g/mol. The third-order valence-electron chi connectivity index (χ3n) is 2.69. The number of aromatic nitrogens is 1. The lowest BCUT2D eigenvalue weighted by atomic mass is 10.0. The second-order valence-corrected chi connectivity index (χ2v) is 4.41. The van der Waals surface area contributed by atoms with Crippen LogP contribution in [0.2, 0.25) is 0 Å². The van der Waals surface area contributed by atoms with Gasteiger partial charge in [-0.2, -0.15) is 0 Å². The van der Waals surface area contributed by atoms with Gasteiger partial charge in [-0.1, -0.05) is 13.8 Å². The molecule has 0 radical (unpaired) electrons. The van der Waals surface area contributed by atoms with Crippen molar-refractivity contribution in [3.8, 4) is 0 Å². The van der Waals surface area contributed by atoms with Crippen molar-refractivity contribution in [2.45, 2.75) is 26.8 Å². The highest BCUT2D eigenvalue weighted by Crippen LogP contribution is 2.03. The van der Waals surface area contributed by atoms with Crippen LogP contribution in [0.15, 0.2) is 23.3 Å². The maximum atomic E-state index is 12.0. The second-order valence-electron chi connectivity index (χ2n) is 4.41. The SMILES string of the molecule is CCOCC(NC(=O)c1c[nH]ccc1=O)C(C)C. The fourth-order valence-corrected chi connectivity index (χ4v) is 1.49. The molecule has 1 atom stereocenters. The molecule has 1 heterocycles. The Morgan fingerprint density at radius 3 is 2.78 bits per heavy atom. The van der Waals surface area contributed by atoms with Crippen molar-refractivity contribution in [1.82, 2.24) is 10.3 Å². The number of ether oxygens (including phenoxy) is 1. The maximum Gasteiger partial charge on any atom is 0.257 e. The van der Waals surface area contributed by atoms with Crippen LogP contribution >= 0.6 is 0 Å². The summed E-state index contributed by atoms with van der Waals surface area (Å²) in [5, 5.41) is 2.82. The molecule has 5 nitrogen and oxygen atoms in total. The molecule has 100 valence electrons. The van der Waals surface area contributed by atoms with E-state index in [2.05, 4.69) is 10.3 Å². The highest BCUT2D eigenvalue weighted by atomic mass is 16.5. The Balaban J connectivity index is 2.73. The van der Waals surface area contributed by atoms with E-state index in [1.165, 1.54) is 18.5 Å². The predicted octanol–water partition coefficient (Wildman–Crippen LogP) is 1.17. The Hall–Kier alpha value is -1.62. The van der Waals surface area contributed by atoms with Gasteiger partial charge in [0.25, 0.3) is 5.91 Å². The number of hydrogen-bond acceptors (Lipinski definition) is 3. The summed E-state index contributed by atoms with van der Waals surface area (Å²) in [4.78, 5) is 26.2. The summed E-state index contributed by atoms with van der Waals surface area (Å²) in [6.07, 6.45) is 2.91. The molecule has 0 aliphatic heterocycles. The highest BCUT2D eigenvalue weighted by Gasteiger charge is 2.18. The zero-order valence-corrected chi connectivity index (χ0v) is 11.0. The quantitative estimate of drug-likeness (QED) is 0.798. The normalized spacial score (nSPS) is 12.4. The minimum atomic E-state index is -0.366. The topological polar surface area (TPSA) is 71.2 Å². The zero-order chi connectivity index (χ0) is 13.5. The fourth-order valence-electron chi connectivity index (χ4n) is 1.49. The first kappa shape index (κ1) is 14.4. The molecule has 0 saturated carbocycles. The van der Waals surface area contributed by atoms with Crippen molar-refractivity contribution in [3.05, 3.63) is 34.2 Å². The van der Waals surface area contributed by atoms with Gasteiger partial charge >= 0.3 is 0 Å². The van der Waals surface area contributed by atoms with Crippen molar-refractivity contribution in [3.63, 3.8) is 0 Å².